The predicted octanol–water partition coefficient (Wildman–Crippen LogP) is 4.89. The van der Waals surface area contributed by atoms with E-state index in [1.807, 2.05) is 0 Å². The minimum Gasteiger partial charge on any atom is -0.162 e. The first-order chi connectivity index (χ1) is 7.70. The molecule has 0 spiro atoms. The van der Waals surface area contributed by atoms with Crippen LogP contribution in [0.1, 0.15) is 34.1 Å². The third-order valence-corrected chi connectivity index (χ3v) is 6.49. The molecule has 0 radical (unpaired) electrons. The zero-order valence-corrected chi connectivity index (χ0v) is 13.8. The summed E-state index contributed by atoms with van der Waals surface area (Å²) in [7, 11) is 0. The molecule has 16 heavy (non-hydrogen) atoms. The van der Waals surface area contributed by atoms with Crippen molar-refractivity contribution in [2.24, 2.45) is 11.8 Å². The molecule has 0 aliphatic rings. The molecular weight excluding hydrogens is 252 g/mol. The Balaban J connectivity index is 3.28. The third-order valence-electron chi connectivity index (χ3n) is 2.16. The summed E-state index contributed by atoms with van der Waals surface area (Å²) < 4.78 is 0. The molecular formula is C13H28S3. The van der Waals surface area contributed by atoms with E-state index in [1.165, 1.54) is 40.9 Å². The smallest absolute Gasteiger partial charge is 0.00338 e. The standard InChI is InChI=1S/C13H28S3/c1-5-7-15-9-13(4)11-16-10-12(3)8-14-6-2/h12-13H,5-11H2,1-4H3. The maximum atomic E-state index is 2.39. The third kappa shape index (κ3) is 11.5. The summed E-state index contributed by atoms with van der Waals surface area (Å²) in [5, 5.41) is 0. The number of hydrogen-bond donors (Lipinski definition) is 0. The largest absolute Gasteiger partial charge is 0.162 e. The number of hydrogen-bond acceptors (Lipinski definition) is 3. The van der Waals surface area contributed by atoms with Crippen LogP contribution in [-0.2, 0) is 0 Å². The summed E-state index contributed by atoms with van der Waals surface area (Å²) in [6.45, 7) is 9.28. The van der Waals surface area contributed by atoms with Gasteiger partial charge in [-0.25, -0.2) is 0 Å². The van der Waals surface area contributed by atoms with Crippen LogP contribution in [0.3, 0.4) is 0 Å². The van der Waals surface area contributed by atoms with Gasteiger partial charge in [0, 0.05) is 0 Å². The summed E-state index contributed by atoms with van der Waals surface area (Å²) >= 11 is 6.34. The summed E-state index contributed by atoms with van der Waals surface area (Å²) in [6.07, 6.45) is 1.32. The average Bonchev–Trinajstić information content (AvgIpc) is 2.26. The quantitative estimate of drug-likeness (QED) is 0.495. The molecule has 0 N–H and O–H groups in total. The lowest BCUT2D eigenvalue weighted by Gasteiger charge is -2.13. The van der Waals surface area contributed by atoms with E-state index < -0.39 is 0 Å². The van der Waals surface area contributed by atoms with Crippen molar-refractivity contribution in [1.29, 1.82) is 0 Å². The van der Waals surface area contributed by atoms with E-state index in [1.54, 1.807) is 0 Å². The lowest BCUT2D eigenvalue weighted by Crippen LogP contribution is -2.07. The van der Waals surface area contributed by atoms with Gasteiger partial charge in [-0.2, -0.15) is 35.3 Å². The monoisotopic (exact) mass is 280 g/mol. The molecule has 2 unspecified atom stereocenters. The van der Waals surface area contributed by atoms with Gasteiger partial charge in [-0.15, -0.1) is 0 Å². The maximum absolute atomic E-state index is 2.39. The summed E-state index contributed by atoms with van der Waals surface area (Å²) in [5.74, 6) is 9.73. The minimum atomic E-state index is 0.880. The van der Waals surface area contributed by atoms with Crippen LogP contribution in [0.5, 0.6) is 0 Å². The van der Waals surface area contributed by atoms with Crippen molar-refractivity contribution < 1.29 is 0 Å². The van der Waals surface area contributed by atoms with Gasteiger partial charge in [0.15, 0.2) is 0 Å². The Morgan fingerprint density at radius 2 is 1.25 bits per heavy atom. The molecule has 0 aromatic rings. The van der Waals surface area contributed by atoms with Crippen molar-refractivity contribution in [1.82, 2.24) is 0 Å². The van der Waals surface area contributed by atoms with Crippen molar-refractivity contribution in [3.8, 4) is 0 Å². The second kappa shape index (κ2) is 12.5. The second-order valence-corrected chi connectivity index (χ2v) is 8.03. The normalized spacial score (nSPS) is 15.0. The molecule has 0 aromatic carbocycles. The molecule has 2 atom stereocenters. The fraction of sp³-hybridized carbons (Fsp3) is 1.00. The molecule has 98 valence electrons. The van der Waals surface area contributed by atoms with Crippen LogP contribution in [0.25, 0.3) is 0 Å². The van der Waals surface area contributed by atoms with Gasteiger partial charge in [-0.05, 0) is 52.8 Å². The van der Waals surface area contributed by atoms with Gasteiger partial charge in [-0.1, -0.05) is 27.7 Å². The van der Waals surface area contributed by atoms with Crippen molar-refractivity contribution in [2.75, 3.05) is 34.5 Å². The van der Waals surface area contributed by atoms with Crippen molar-refractivity contribution >= 4 is 35.3 Å². The molecule has 0 nitrogen and oxygen atoms in total. The first kappa shape index (κ1) is 17.1. The van der Waals surface area contributed by atoms with Crippen molar-refractivity contribution in [2.45, 2.75) is 34.1 Å². The molecule has 0 aromatic heterocycles. The van der Waals surface area contributed by atoms with Gasteiger partial charge >= 0.3 is 0 Å². The van der Waals surface area contributed by atoms with E-state index in [2.05, 4.69) is 63.0 Å². The Morgan fingerprint density at radius 3 is 1.75 bits per heavy atom. The highest BCUT2D eigenvalue weighted by atomic mass is 32.2. The highest BCUT2D eigenvalue weighted by Crippen LogP contribution is 2.18. The van der Waals surface area contributed by atoms with Gasteiger partial charge in [0.2, 0.25) is 0 Å². The molecule has 0 bridgehead atoms. The van der Waals surface area contributed by atoms with E-state index in [0.717, 1.165) is 11.8 Å². The van der Waals surface area contributed by atoms with Crippen LogP contribution in [0.4, 0.5) is 0 Å². The van der Waals surface area contributed by atoms with E-state index in [-0.39, 0.29) is 0 Å². The van der Waals surface area contributed by atoms with Crippen molar-refractivity contribution in [3.05, 3.63) is 0 Å². The molecule has 0 aliphatic heterocycles. The van der Waals surface area contributed by atoms with E-state index in [4.69, 9.17) is 0 Å². The second-order valence-electron chi connectivity index (χ2n) is 4.48. The molecule has 0 amide bonds. The topological polar surface area (TPSA) is 0 Å². The molecule has 0 saturated heterocycles. The zero-order chi connectivity index (χ0) is 12.2. The number of thioether (sulfide) groups is 3. The zero-order valence-electron chi connectivity index (χ0n) is 11.3. The maximum Gasteiger partial charge on any atom is -0.00338 e. The highest BCUT2D eigenvalue weighted by molar-refractivity contribution is 8.00. The molecule has 0 saturated carbocycles. The van der Waals surface area contributed by atoms with E-state index >= 15 is 0 Å². The number of rotatable bonds is 11. The average molecular weight is 281 g/mol. The van der Waals surface area contributed by atoms with Crippen molar-refractivity contribution in [3.63, 3.8) is 0 Å². The van der Waals surface area contributed by atoms with Gasteiger partial charge < -0.3 is 0 Å². The Bertz CT molecular complexity index is 139. The Kier molecular flexibility index (Phi) is 13.3. The predicted molar refractivity (Wildman–Crippen MR) is 86.3 cm³/mol. The SMILES string of the molecule is CCCSCC(C)CSCC(C)CSCC. The van der Waals surface area contributed by atoms with E-state index in [0.29, 0.717) is 0 Å². The lowest BCUT2D eigenvalue weighted by molar-refractivity contribution is 0.743. The minimum absolute atomic E-state index is 0.880. The van der Waals surface area contributed by atoms with Gasteiger partial charge in [0.05, 0.1) is 0 Å². The van der Waals surface area contributed by atoms with Gasteiger partial charge in [0.25, 0.3) is 0 Å². The molecule has 0 heterocycles. The van der Waals surface area contributed by atoms with Crippen LogP contribution in [-0.4, -0.2) is 34.5 Å². The van der Waals surface area contributed by atoms with Gasteiger partial charge in [-0.3, -0.25) is 0 Å². The van der Waals surface area contributed by atoms with Crippen LogP contribution in [0.15, 0.2) is 0 Å². The fourth-order valence-corrected chi connectivity index (χ4v) is 4.52. The molecule has 3 heteroatoms. The highest BCUT2D eigenvalue weighted by Gasteiger charge is 2.05. The molecule has 0 fully saturated rings. The summed E-state index contributed by atoms with van der Waals surface area (Å²) in [5.41, 5.74) is 0. The molecule has 0 aliphatic carbocycles. The summed E-state index contributed by atoms with van der Waals surface area (Å²) in [4.78, 5) is 0. The lowest BCUT2D eigenvalue weighted by atomic mass is 10.3. The van der Waals surface area contributed by atoms with Crippen LogP contribution in [0, 0.1) is 11.8 Å². The first-order valence-electron chi connectivity index (χ1n) is 6.43. The van der Waals surface area contributed by atoms with Crippen LogP contribution >= 0.6 is 35.3 Å². The first-order valence-corrected chi connectivity index (χ1v) is 9.90. The van der Waals surface area contributed by atoms with Crippen LogP contribution < -0.4 is 0 Å². The Labute approximate surface area is 115 Å². The van der Waals surface area contributed by atoms with E-state index in [9.17, 15) is 0 Å². The Morgan fingerprint density at radius 1 is 0.750 bits per heavy atom. The van der Waals surface area contributed by atoms with Crippen LogP contribution in [0.2, 0.25) is 0 Å². The molecule has 0 rings (SSSR count). The fourth-order valence-electron chi connectivity index (χ4n) is 1.31. The summed E-state index contributed by atoms with van der Waals surface area (Å²) in [6, 6.07) is 0. The Hall–Kier alpha value is 1.05. The van der Waals surface area contributed by atoms with Gasteiger partial charge in [0.1, 0.15) is 0 Å².